The molecule has 0 bridgehead atoms. The molecule has 1 aliphatic rings. The lowest BCUT2D eigenvalue weighted by Crippen LogP contribution is -2.32. The number of carbonyl (C=O) groups excluding carboxylic acids is 3. The van der Waals surface area contributed by atoms with Crippen molar-refractivity contribution >= 4 is 40.8 Å². The van der Waals surface area contributed by atoms with Gasteiger partial charge in [0.25, 0.3) is 11.8 Å². The van der Waals surface area contributed by atoms with E-state index in [9.17, 15) is 14.4 Å². The number of nitrogens with one attached hydrogen (secondary N) is 1. The topological polar surface area (TPSA) is 75.7 Å². The number of carbonyl (C=O) groups is 3. The van der Waals surface area contributed by atoms with E-state index in [4.69, 9.17) is 16.3 Å². The van der Waals surface area contributed by atoms with Gasteiger partial charge < -0.3 is 10.1 Å². The van der Waals surface area contributed by atoms with Crippen molar-refractivity contribution in [3.63, 3.8) is 0 Å². The van der Waals surface area contributed by atoms with Crippen LogP contribution in [0.15, 0.2) is 53.2 Å². The number of halogens is 1. The molecule has 29 heavy (non-hydrogen) atoms. The summed E-state index contributed by atoms with van der Waals surface area (Å²) in [4.78, 5) is 38.7. The molecule has 7 heteroatoms. The van der Waals surface area contributed by atoms with E-state index in [1.807, 2.05) is 26.8 Å². The van der Waals surface area contributed by atoms with Crippen LogP contribution in [-0.2, 0) is 14.3 Å². The van der Waals surface area contributed by atoms with Crippen molar-refractivity contribution in [2.75, 3.05) is 16.8 Å². The van der Waals surface area contributed by atoms with Gasteiger partial charge in [-0.05, 0) is 61.7 Å². The molecule has 0 fully saturated rings. The second-order valence-electron chi connectivity index (χ2n) is 6.82. The predicted molar refractivity (Wildman–Crippen MR) is 112 cm³/mol. The second-order valence-corrected chi connectivity index (χ2v) is 7.20. The van der Waals surface area contributed by atoms with Crippen LogP contribution < -0.4 is 10.2 Å². The lowest BCUT2D eigenvalue weighted by molar-refractivity contribution is -0.120. The summed E-state index contributed by atoms with van der Waals surface area (Å²) in [5, 5.41) is 2.68. The maximum absolute atomic E-state index is 12.9. The minimum atomic E-state index is -0.595. The van der Waals surface area contributed by atoms with Gasteiger partial charge in [0.05, 0.1) is 17.9 Å². The molecule has 150 valence electrons. The molecular weight excluding hydrogens is 392 g/mol. The van der Waals surface area contributed by atoms with Gasteiger partial charge >= 0.3 is 5.97 Å². The van der Waals surface area contributed by atoms with Gasteiger partial charge in [0.2, 0.25) is 0 Å². The summed E-state index contributed by atoms with van der Waals surface area (Å²) >= 11 is 6.18. The van der Waals surface area contributed by atoms with Crippen LogP contribution in [-0.4, -0.2) is 24.4 Å². The number of amides is 2. The summed E-state index contributed by atoms with van der Waals surface area (Å²) in [6, 6.07) is 11.9. The molecule has 0 aromatic heterocycles. The smallest absolute Gasteiger partial charge is 0.338 e. The Hall–Kier alpha value is -3.12. The van der Waals surface area contributed by atoms with E-state index in [1.165, 1.54) is 0 Å². The number of anilines is 2. The minimum absolute atomic E-state index is 0.0325. The van der Waals surface area contributed by atoms with E-state index < -0.39 is 17.8 Å². The first-order valence-electron chi connectivity index (χ1n) is 9.23. The van der Waals surface area contributed by atoms with Gasteiger partial charge in [-0.25, -0.2) is 9.69 Å². The molecule has 1 N–H and O–H groups in total. The van der Waals surface area contributed by atoms with Gasteiger partial charge in [-0.15, -0.1) is 0 Å². The maximum atomic E-state index is 12.9. The zero-order chi connectivity index (χ0) is 21.1. The van der Waals surface area contributed by atoms with Gasteiger partial charge in [-0.2, -0.15) is 0 Å². The normalized spacial score (nSPS) is 13.9. The Morgan fingerprint density at radius 2 is 1.76 bits per heavy atom. The number of benzene rings is 2. The average molecular weight is 413 g/mol. The number of rotatable bonds is 6. The minimum Gasteiger partial charge on any atom is -0.462 e. The monoisotopic (exact) mass is 412 g/mol. The highest BCUT2D eigenvalue weighted by molar-refractivity contribution is 6.53. The fraction of sp³-hybridized carbons (Fsp3) is 0.227. The number of aryl methyl sites for hydroxylation is 2. The van der Waals surface area contributed by atoms with Crippen LogP contribution in [0.5, 0.6) is 0 Å². The number of ether oxygens (including phenoxy) is 1. The highest BCUT2D eigenvalue weighted by atomic mass is 35.5. The Bertz CT molecular complexity index is 1010. The maximum Gasteiger partial charge on any atom is 0.338 e. The lowest BCUT2D eigenvalue weighted by Gasteiger charge is -2.16. The third kappa shape index (κ3) is 4.32. The van der Waals surface area contributed by atoms with Crippen LogP contribution in [0.2, 0.25) is 0 Å². The van der Waals surface area contributed by atoms with Crippen LogP contribution in [0.3, 0.4) is 0 Å². The summed E-state index contributed by atoms with van der Waals surface area (Å²) < 4.78 is 5.12. The van der Waals surface area contributed by atoms with E-state index in [0.717, 1.165) is 22.4 Å². The zero-order valence-electron chi connectivity index (χ0n) is 16.4. The van der Waals surface area contributed by atoms with Gasteiger partial charge in [0.15, 0.2) is 0 Å². The molecule has 1 heterocycles. The number of esters is 1. The van der Waals surface area contributed by atoms with E-state index in [0.29, 0.717) is 23.5 Å². The zero-order valence-corrected chi connectivity index (χ0v) is 17.2. The highest BCUT2D eigenvalue weighted by Crippen LogP contribution is 2.31. The van der Waals surface area contributed by atoms with Crippen molar-refractivity contribution in [1.82, 2.24) is 0 Å². The van der Waals surface area contributed by atoms with Crippen molar-refractivity contribution in [3.05, 3.63) is 69.9 Å². The SMILES string of the molecule is CCCOC(=O)c1cccc(NC2=C(Cl)C(=O)N(c3cc(C)cc(C)c3)C2=O)c1. The Morgan fingerprint density at radius 3 is 2.41 bits per heavy atom. The van der Waals surface area contributed by atoms with Gasteiger partial charge in [-0.3, -0.25) is 9.59 Å². The summed E-state index contributed by atoms with van der Waals surface area (Å²) in [7, 11) is 0. The van der Waals surface area contributed by atoms with E-state index >= 15 is 0 Å². The van der Waals surface area contributed by atoms with Crippen LogP contribution >= 0.6 is 11.6 Å². The van der Waals surface area contributed by atoms with Crippen LogP contribution in [0.25, 0.3) is 0 Å². The van der Waals surface area contributed by atoms with Crippen LogP contribution in [0.1, 0.15) is 34.8 Å². The van der Waals surface area contributed by atoms with Crippen LogP contribution in [0, 0.1) is 13.8 Å². The van der Waals surface area contributed by atoms with Crippen molar-refractivity contribution in [1.29, 1.82) is 0 Å². The molecule has 0 atom stereocenters. The standard InChI is InChI=1S/C22H21ClN2O4/c1-4-8-29-22(28)15-6-5-7-16(12-15)24-19-18(23)20(26)25(21(19)27)17-10-13(2)9-14(3)11-17/h5-7,9-12,24H,4,8H2,1-3H3. The van der Waals surface area contributed by atoms with Crippen molar-refractivity contribution < 1.29 is 19.1 Å². The number of imide groups is 1. The lowest BCUT2D eigenvalue weighted by atomic mass is 10.1. The van der Waals surface area contributed by atoms with E-state index in [-0.39, 0.29) is 10.7 Å². The first-order valence-corrected chi connectivity index (χ1v) is 9.60. The quantitative estimate of drug-likeness (QED) is 0.565. The number of hydrogen-bond acceptors (Lipinski definition) is 5. The summed E-state index contributed by atoms with van der Waals surface area (Å²) in [6.45, 7) is 6.01. The Kier molecular flexibility index (Phi) is 6.03. The van der Waals surface area contributed by atoms with Crippen molar-refractivity contribution in [2.45, 2.75) is 27.2 Å². The van der Waals surface area contributed by atoms with Crippen molar-refractivity contribution in [2.24, 2.45) is 0 Å². The Morgan fingerprint density at radius 1 is 1.07 bits per heavy atom. The molecule has 2 aromatic carbocycles. The Balaban J connectivity index is 1.85. The summed E-state index contributed by atoms with van der Waals surface area (Å²) in [6.07, 6.45) is 0.719. The number of hydrogen-bond donors (Lipinski definition) is 1. The third-order valence-electron chi connectivity index (χ3n) is 4.30. The molecule has 0 aliphatic carbocycles. The Labute approximate surface area is 174 Å². The molecule has 0 spiro atoms. The molecule has 0 saturated carbocycles. The second kappa shape index (κ2) is 8.49. The predicted octanol–water partition coefficient (Wildman–Crippen LogP) is 4.31. The number of nitrogens with zero attached hydrogens (tertiary/aromatic N) is 1. The first kappa shape index (κ1) is 20.6. The average Bonchev–Trinajstić information content (AvgIpc) is 2.89. The molecule has 3 rings (SSSR count). The van der Waals surface area contributed by atoms with E-state index in [2.05, 4.69) is 5.32 Å². The van der Waals surface area contributed by atoms with Crippen LogP contribution in [0.4, 0.5) is 11.4 Å². The first-order chi connectivity index (χ1) is 13.8. The highest BCUT2D eigenvalue weighted by Gasteiger charge is 2.39. The molecule has 6 nitrogen and oxygen atoms in total. The molecule has 0 unspecified atom stereocenters. The molecule has 0 radical (unpaired) electrons. The largest absolute Gasteiger partial charge is 0.462 e. The summed E-state index contributed by atoms with van der Waals surface area (Å²) in [5.74, 6) is -1.60. The fourth-order valence-electron chi connectivity index (χ4n) is 3.07. The van der Waals surface area contributed by atoms with Gasteiger partial charge in [0, 0.05) is 5.69 Å². The molecule has 2 amide bonds. The van der Waals surface area contributed by atoms with E-state index in [1.54, 1.807) is 36.4 Å². The molecular formula is C22H21ClN2O4. The van der Waals surface area contributed by atoms with Gasteiger partial charge in [0.1, 0.15) is 10.7 Å². The molecule has 1 aliphatic heterocycles. The molecule has 2 aromatic rings. The molecule has 0 saturated heterocycles. The fourth-order valence-corrected chi connectivity index (χ4v) is 3.28. The van der Waals surface area contributed by atoms with Gasteiger partial charge in [-0.1, -0.05) is 30.7 Å². The van der Waals surface area contributed by atoms with Crippen molar-refractivity contribution in [3.8, 4) is 0 Å². The third-order valence-corrected chi connectivity index (χ3v) is 4.65. The summed E-state index contributed by atoms with van der Waals surface area (Å²) in [5.41, 5.74) is 3.07.